The van der Waals surface area contributed by atoms with E-state index in [1.165, 1.54) is 12.1 Å². The molecule has 0 radical (unpaired) electrons. The topological polar surface area (TPSA) is 66.4 Å². The van der Waals surface area contributed by atoms with Crippen LogP contribution in [0.2, 0.25) is 5.02 Å². The van der Waals surface area contributed by atoms with E-state index in [-0.39, 0.29) is 10.6 Å². The molecule has 6 heteroatoms. The lowest BCUT2D eigenvalue weighted by Gasteiger charge is -2.34. The van der Waals surface area contributed by atoms with E-state index in [0.717, 1.165) is 25.3 Å². The van der Waals surface area contributed by atoms with Crippen molar-refractivity contribution in [2.45, 2.75) is 37.6 Å². The predicted octanol–water partition coefficient (Wildman–Crippen LogP) is 3.00. The predicted molar refractivity (Wildman–Crippen MR) is 72.3 cm³/mol. The summed E-state index contributed by atoms with van der Waals surface area (Å²) < 4.78 is 13.3. The molecule has 0 saturated heterocycles. The van der Waals surface area contributed by atoms with Gasteiger partial charge in [-0.2, -0.15) is 0 Å². The summed E-state index contributed by atoms with van der Waals surface area (Å²) in [6.45, 7) is 0. The van der Waals surface area contributed by atoms with Gasteiger partial charge in [0.05, 0.1) is 5.02 Å². The molecule has 2 N–H and O–H groups in total. The van der Waals surface area contributed by atoms with Gasteiger partial charge in [0.1, 0.15) is 11.4 Å². The van der Waals surface area contributed by atoms with Gasteiger partial charge in [0, 0.05) is 5.56 Å². The maximum atomic E-state index is 13.3. The molecule has 0 unspecified atom stereocenters. The molecule has 2 rings (SSSR count). The third kappa shape index (κ3) is 2.93. The zero-order valence-corrected chi connectivity index (χ0v) is 11.5. The summed E-state index contributed by atoms with van der Waals surface area (Å²) in [6, 6.07) is 3.66. The molecular weight excluding hydrogens is 285 g/mol. The lowest BCUT2D eigenvalue weighted by atomic mass is 9.81. The molecular formula is C14H15ClFNO3. The van der Waals surface area contributed by atoms with Crippen molar-refractivity contribution in [2.24, 2.45) is 0 Å². The van der Waals surface area contributed by atoms with Crippen molar-refractivity contribution in [1.29, 1.82) is 0 Å². The van der Waals surface area contributed by atoms with Gasteiger partial charge in [-0.15, -0.1) is 0 Å². The average Bonchev–Trinajstić information content (AvgIpc) is 2.42. The summed E-state index contributed by atoms with van der Waals surface area (Å²) in [7, 11) is 0. The first-order chi connectivity index (χ1) is 9.44. The quantitative estimate of drug-likeness (QED) is 0.901. The van der Waals surface area contributed by atoms with Crippen LogP contribution in [-0.2, 0) is 4.79 Å². The summed E-state index contributed by atoms with van der Waals surface area (Å²) >= 11 is 5.55. The van der Waals surface area contributed by atoms with Gasteiger partial charge in [0.25, 0.3) is 5.91 Å². The molecule has 0 bridgehead atoms. The van der Waals surface area contributed by atoms with E-state index in [1.54, 1.807) is 0 Å². The van der Waals surface area contributed by atoms with Gasteiger partial charge in [-0.25, -0.2) is 9.18 Å². The van der Waals surface area contributed by atoms with Crippen molar-refractivity contribution >= 4 is 23.5 Å². The van der Waals surface area contributed by atoms with Crippen LogP contribution in [0, 0.1) is 5.82 Å². The third-order valence-corrected chi connectivity index (χ3v) is 3.96. The highest BCUT2D eigenvalue weighted by Crippen LogP contribution is 2.29. The number of amides is 1. The highest BCUT2D eigenvalue weighted by molar-refractivity contribution is 6.30. The normalized spacial score (nSPS) is 17.5. The van der Waals surface area contributed by atoms with Crippen molar-refractivity contribution in [2.75, 3.05) is 0 Å². The number of halogens is 2. The van der Waals surface area contributed by atoms with Gasteiger partial charge in [-0.05, 0) is 31.0 Å². The average molecular weight is 300 g/mol. The number of carboxylic acid groups (broad SMARTS) is 1. The van der Waals surface area contributed by atoms with Crippen molar-refractivity contribution in [3.63, 3.8) is 0 Å². The fourth-order valence-electron chi connectivity index (χ4n) is 2.47. The molecule has 1 amide bonds. The standard InChI is InChI=1S/C14H15ClFNO3/c15-10-5-4-9(8-11(10)16)12(18)17-14(13(19)20)6-2-1-3-7-14/h4-5,8H,1-3,6-7H2,(H,17,18)(H,19,20). The van der Waals surface area contributed by atoms with E-state index in [1.807, 2.05) is 0 Å². The fraction of sp³-hybridized carbons (Fsp3) is 0.429. The second-order valence-corrected chi connectivity index (χ2v) is 5.44. The molecule has 108 valence electrons. The monoisotopic (exact) mass is 299 g/mol. The smallest absolute Gasteiger partial charge is 0.329 e. The van der Waals surface area contributed by atoms with Crippen LogP contribution in [0.5, 0.6) is 0 Å². The molecule has 0 atom stereocenters. The minimum Gasteiger partial charge on any atom is -0.480 e. The van der Waals surface area contributed by atoms with Crippen LogP contribution >= 0.6 is 11.6 Å². The molecule has 0 heterocycles. The van der Waals surface area contributed by atoms with Gasteiger partial charge in [-0.3, -0.25) is 4.79 Å². The molecule has 1 aliphatic carbocycles. The van der Waals surface area contributed by atoms with E-state index in [9.17, 15) is 19.1 Å². The first-order valence-electron chi connectivity index (χ1n) is 6.45. The number of carbonyl (C=O) groups excluding carboxylic acids is 1. The van der Waals surface area contributed by atoms with E-state index in [0.29, 0.717) is 12.8 Å². The first-order valence-corrected chi connectivity index (χ1v) is 6.83. The molecule has 1 aliphatic rings. The second kappa shape index (κ2) is 5.79. The summed E-state index contributed by atoms with van der Waals surface area (Å²) in [5, 5.41) is 11.8. The molecule has 4 nitrogen and oxygen atoms in total. The number of carboxylic acids is 1. The zero-order chi connectivity index (χ0) is 14.8. The van der Waals surface area contributed by atoms with Crippen LogP contribution in [0.25, 0.3) is 0 Å². The lowest BCUT2D eigenvalue weighted by Crippen LogP contribution is -2.55. The van der Waals surface area contributed by atoms with Crippen LogP contribution in [0.15, 0.2) is 18.2 Å². The van der Waals surface area contributed by atoms with Crippen molar-refractivity contribution in [3.8, 4) is 0 Å². The minimum absolute atomic E-state index is 0.0677. The van der Waals surface area contributed by atoms with Crippen molar-refractivity contribution < 1.29 is 19.1 Å². The summed E-state index contributed by atoms with van der Waals surface area (Å²) in [6.07, 6.45) is 3.25. The maximum Gasteiger partial charge on any atom is 0.329 e. The van der Waals surface area contributed by atoms with Gasteiger partial charge in [0.2, 0.25) is 0 Å². The van der Waals surface area contributed by atoms with Crippen LogP contribution in [0.4, 0.5) is 4.39 Å². The first kappa shape index (κ1) is 14.8. The molecule has 20 heavy (non-hydrogen) atoms. The van der Waals surface area contributed by atoms with Crippen LogP contribution in [0.1, 0.15) is 42.5 Å². The molecule has 0 aliphatic heterocycles. The van der Waals surface area contributed by atoms with Crippen molar-refractivity contribution in [1.82, 2.24) is 5.32 Å². The lowest BCUT2D eigenvalue weighted by molar-refractivity contribution is -0.145. The summed E-state index contributed by atoms with van der Waals surface area (Å²) in [5.41, 5.74) is -1.18. The van der Waals surface area contributed by atoms with Gasteiger partial charge < -0.3 is 10.4 Å². The van der Waals surface area contributed by atoms with Crippen molar-refractivity contribution in [3.05, 3.63) is 34.6 Å². The Morgan fingerprint density at radius 3 is 2.45 bits per heavy atom. The molecule has 1 saturated carbocycles. The molecule has 1 fully saturated rings. The molecule has 0 aromatic heterocycles. The van der Waals surface area contributed by atoms with E-state index in [4.69, 9.17) is 11.6 Å². The second-order valence-electron chi connectivity index (χ2n) is 5.03. The Morgan fingerprint density at radius 2 is 1.90 bits per heavy atom. The van der Waals surface area contributed by atoms with E-state index < -0.39 is 23.2 Å². The fourth-order valence-corrected chi connectivity index (χ4v) is 2.59. The number of benzene rings is 1. The highest BCUT2D eigenvalue weighted by atomic mass is 35.5. The van der Waals surface area contributed by atoms with Crippen LogP contribution in [-0.4, -0.2) is 22.5 Å². The Bertz CT molecular complexity index is 541. The number of aliphatic carboxylic acids is 1. The summed E-state index contributed by atoms with van der Waals surface area (Å²) in [5.74, 6) is -2.34. The third-order valence-electron chi connectivity index (χ3n) is 3.65. The molecule has 1 aromatic rings. The SMILES string of the molecule is O=C(NC1(C(=O)O)CCCCC1)c1ccc(Cl)c(F)c1. The molecule has 1 aromatic carbocycles. The van der Waals surface area contributed by atoms with Gasteiger partial charge >= 0.3 is 5.97 Å². The number of carbonyl (C=O) groups is 2. The Balaban J connectivity index is 2.20. The number of hydrogen-bond donors (Lipinski definition) is 2. The Hall–Kier alpha value is -1.62. The highest BCUT2D eigenvalue weighted by Gasteiger charge is 2.41. The van der Waals surface area contributed by atoms with Crippen LogP contribution in [0.3, 0.4) is 0 Å². The summed E-state index contributed by atoms with van der Waals surface area (Å²) in [4.78, 5) is 23.6. The minimum atomic E-state index is -1.24. The largest absolute Gasteiger partial charge is 0.480 e. The number of nitrogens with one attached hydrogen (secondary N) is 1. The number of rotatable bonds is 3. The van der Waals surface area contributed by atoms with Gasteiger partial charge in [-0.1, -0.05) is 30.9 Å². The van der Waals surface area contributed by atoms with Gasteiger partial charge in [0.15, 0.2) is 0 Å². The maximum absolute atomic E-state index is 13.3. The zero-order valence-electron chi connectivity index (χ0n) is 10.8. The Kier molecular flexibility index (Phi) is 4.28. The number of hydrogen-bond acceptors (Lipinski definition) is 2. The van der Waals surface area contributed by atoms with E-state index in [2.05, 4.69) is 5.32 Å². The van der Waals surface area contributed by atoms with Crippen LogP contribution < -0.4 is 5.32 Å². The van der Waals surface area contributed by atoms with E-state index >= 15 is 0 Å². The Morgan fingerprint density at radius 1 is 1.25 bits per heavy atom. The molecule has 0 spiro atoms. The Labute approximate surface area is 120 Å².